The van der Waals surface area contributed by atoms with Gasteiger partial charge in [0.15, 0.2) is 0 Å². The van der Waals surface area contributed by atoms with Gasteiger partial charge < -0.3 is 55.7 Å². The van der Waals surface area contributed by atoms with Crippen molar-refractivity contribution in [2.24, 2.45) is 0 Å². The molecule has 10 rings (SSSR count). The molecule has 0 spiro atoms. The fraction of sp³-hybridized carbons (Fsp3) is 0.500. The molecule has 4 aromatic carbocycles. The van der Waals surface area contributed by atoms with E-state index < -0.39 is 36.9 Å². The van der Waals surface area contributed by atoms with E-state index in [-0.39, 0.29) is 111 Å². The smallest absolute Gasteiger partial charge is 0.492 e. The largest absolute Gasteiger partial charge is 1.00 e. The Hall–Kier alpha value is -3.59. The van der Waals surface area contributed by atoms with Gasteiger partial charge in [-0.25, -0.2) is 0 Å². The van der Waals surface area contributed by atoms with Crippen LogP contribution in [0.3, 0.4) is 0 Å². The van der Waals surface area contributed by atoms with Gasteiger partial charge in [0.25, 0.3) is 0 Å². The molecule has 4 heterocycles. The van der Waals surface area contributed by atoms with Gasteiger partial charge in [-0.15, -0.1) is 0 Å². The van der Waals surface area contributed by atoms with E-state index >= 15 is 0 Å². The van der Waals surface area contributed by atoms with Crippen LogP contribution in [0.25, 0.3) is 0 Å². The number of ether oxygens (including phenoxy) is 8. The Labute approximate surface area is 485 Å². The number of esters is 2. The van der Waals surface area contributed by atoms with E-state index in [1.165, 1.54) is 31.3 Å². The van der Waals surface area contributed by atoms with Gasteiger partial charge >= 0.3 is 82.7 Å². The maximum atomic E-state index is 13.9. The summed E-state index contributed by atoms with van der Waals surface area (Å²) in [5.41, 5.74) is 3.93. The van der Waals surface area contributed by atoms with E-state index in [0.717, 1.165) is 33.9 Å². The van der Waals surface area contributed by atoms with Crippen molar-refractivity contribution in [2.45, 2.75) is 81.5 Å². The number of nitrogens with zero attached hydrogens (tertiary/aromatic N) is 2. The molecule has 76 heavy (non-hydrogen) atoms. The standard InChI is InChI=1S/C26H28F3NO5.C21H18BrF3O4.C5H10BF3NO.K/c1-32-25(31)12-16-15-34-24-13-17(2-3-18(16)24)35-23-7-5-19-20(23)4-6-22(26(27,28)29)21(19)14-30-8-10-33-11-9-30;1-27-19(26)8-11-10-28-18-9-12(2-3-13(11)18)29-17-7-5-15-14(17)4-6-16(20(15)22)21(23,24)25;7-6(8,9)5-10-1-3-11-4-2-10;/h2-4,6,13,16,23H,5,7-12,14-15H2,1H3;2-4,6,9,11,17H,5,7-8,10H2,1H3;1-5H2;/q;;-1;+1/t16?,23-;11?,17-;;/m11../s1. The summed E-state index contributed by atoms with van der Waals surface area (Å²) in [4.78, 5) is 26.6. The van der Waals surface area contributed by atoms with Crippen LogP contribution < -0.4 is 70.3 Å². The van der Waals surface area contributed by atoms with E-state index in [0.29, 0.717) is 126 Å². The summed E-state index contributed by atoms with van der Waals surface area (Å²) in [5.74, 6) is 1.78. The van der Waals surface area contributed by atoms with Crippen molar-refractivity contribution in [3.63, 3.8) is 0 Å². The van der Waals surface area contributed by atoms with Crippen LogP contribution in [-0.2, 0) is 60.3 Å². The van der Waals surface area contributed by atoms with Crippen molar-refractivity contribution in [2.75, 3.05) is 86.5 Å². The topological polar surface area (TPSA) is 114 Å². The van der Waals surface area contributed by atoms with Crippen LogP contribution in [-0.4, -0.2) is 115 Å². The van der Waals surface area contributed by atoms with Gasteiger partial charge in [0.1, 0.15) is 35.2 Å². The molecule has 6 aliphatic rings. The summed E-state index contributed by atoms with van der Waals surface area (Å²) in [6, 6.07) is 16.3. The summed E-state index contributed by atoms with van der Waals surface area (Å²) in [5, 5.41) is 0. The zero-order chi connectivity index (χ0) is 53.7. The van der Waals surface area contributed by atoms with E-state index in [1.807, 2.05) is 23.1 Å². The Bertz CT molecular complexity index is 2670. The zero-order valence-corrected chi connectivity index (χ0v) is 46.9. The molecule has 2 aliphatic carbocycles. The quantitative estimate of drug-likeness (QED) is 0.0781. The molecule has 408 valence electrons. The van der Waals surface area contributed by atoms with Gasteiger partial charge in [0.2, 0.25) is 0 Å². The zero-order valence-electron chi connectivity index (χ0n) is 42.1. The maximum absolute atomic E-state index is 13.9. The predicted molar refractivity (Wildman–Crippen MR) is 259 cm³/mol. The molecule has 0 amide bonds. The average molecular weight is 1170 g/mol. The summed E-state index contributed by atoms with van der Waals surface area (Å²) in [6.07, 6.45) is -7.48. The number of carbonyl (C=O) groups is 2. The average Bonchev–Trinajstić information content (AvgIpc) is 4.18. The SMILES string of the molecule is COC(=O)CC1COc2cc(O[C@@H]3CCc4c3ccc(C(F)(F)F)c4Br)ccc21.COC(=O)CC1COc2cc(O[C@@H]3CCc4c3ccc(C(F)(F)F)c4CN3CCOCC3)ccc21.F[B-](F)(F)CN1CCOCC1.[K+]. The normalized spacial score (nSPS) is 20.9. The number of methoxy groups -OCH3 is 2. The van der Waals surface area contributed by atoms with Crippen LogP contribution in [0.4, 0.5) is 39.3 Å². The molecule has 2 saturated heterocycles. The van der Waals surface area contributed by atoms with Gasteiger partial charge in [0.05, 0.1) is 77.8 Å². The van der Waals surface area contributed by atoms with Gasteiger partial charge in [-0.3, -0.25) is 14.5 Å². The van der Waals surface area contributed by atoms with E-state index in [9.17, 15) is 48.9 Å². The first-order chi connectivity index (χ1) is 35.7. The molecule has 0 radical (unpaired) electrons. The Morgan fingerprint density at radius 1 is 0.632 bits per heavy atom. The molecule has 0 saturated carbocycles. The van der Waals surface area contributed by atoms with Crippen molar-refractivity contribution < 1.29 is 138 Å². The second-order valence-corrected chi connectivity index (χ2v) is 19.7. The molecule has 0 bridgehead atoms. The van der Waals surface area contributed by atoms with E-state index in [1.54, 1.807) is 24.3 Å². The number of carbonyl (C=O) groups excluding carboxylic acids is 2. The van der Waals surface area contributed by atoms with Gasteiger partial charge in [-0.05, 0) is 100 Å². The first-order valence-corrected chi connectivity index (χ1v) is 25.4. The number of fused-ring (bicyclic) bond motifs is 4. The minimum Gasteiger partial charge on any atom is -0.492 e. The Balaban J connectivity index is 0.000000185. The van der Waals surface area contributed by atoms with Crippen LogP contribution in [0.2, 0.25) is 0 Å². The van der Waals surface area contributed by atoms with Crippen molar-refractivity contribution >= 4 is 34.8 Å². The third kappa shape index (κ3) is 15.2. The summed E-state index contributed by atoms with van der Waals surface area (Å²) in [6.45, 7) is 0.336. The van der Waals surface area contributed by atoms with E-state index in [2.05, 4.69) is 15.9 Å². The number of benzene rings is 4. The molecule has 2 fully saturated rings. The van der Waals surface area contributed by atoms with Gasteiger partial charge in [0, 0.05) is 72.3 Å². The van der Waals surface area contributed by atoms with Crippen LogP contribution in [0.5, 0.6) is 23.0 Å². The molecule has 12 nitrogen and oxygen atoms in total. The summed E-state index contributed by atoms with van der Waals surface area (Å²) < 4.78 is 160. The number of hydrogen-bond acceptors (Lipinski definition) is 12. The number of hydrogen-bond donors (Lipinski definition) is 0. The van der Waals surface area contributed by atoms with Gasteiger partial charge in [-0.2, -0.15) is 26.3 Å². The third-order valence-corrected chi connectivity index (χ3v) is 14.9. The van der Waals surface area contributed by atoms with Crippen LogP contribution in [0, 0.1) is 0 Å². The van der Waals surface area contributed by atoms with Crippen molar-refractivity contribution in [1.82, 2.24) is 9.80 Å². The molecule has 4 aromatic rings. The third-order valence-electron chi connectivity index (χ3n) is 14.0. The molecule has 4 atom stereocenters. The molecule has 0 N–H and O–H groups in total. The fourth-order valence-electron chi connectivity index (χ4n) is 10.2. The Kier molecular flexibility index (Phi) is 20.6. The van der Waals surface area contributed by atoms with Crippen molar-refractivity contribution in [1.29, 1.82) is 0 Å². The minimum atomic E-state index is -4.66. The second-order valence-electron chi connectivity index (χ2n) is 18.9. The second kappa shape index (κ2) is 26.1. The maximum Gasteiger partial charge on any atom is 1.00 e. The first-order valence-electron chi connectivity index (χ1n) is 24.6. The minimum absolute atomic E-state index is 0. The molecule has 0 aromatic heterocycles. The first kappa shape index (κ1) is 60.1. The molecule has 24 heteroatoms. The van der Waals surface area contributed by atoms with Crippen LogP contribution in [0.1, 0.15) is 99.8 Å². The van der Waals surface area contributed by atoms with Crippen LogP contribution >= 0.6 is 15.9 Å². The number of halogens is 10. The van der Waals surface area contributed by atoms with E-state index in [4.69, 9.17) is 37.9 Å². The summed E-state index contributed by atoms with van der Waals surface area (Å²) in [7, 11) is 2.71. The Morgan fingerprint density at radius 2 is 1.07 bits per heavy atom. The summed E-state index contributed by atoms with van der Waals surface area (Å²) >= 11 is 3.12. The number of rotatable bonds is 12. The Morgan fingerprint density at radius 3 is 1.53 bits per heavy atom. The molecule has 2 unspecified atom stereocenters. The molecular weight excluding hydrogens is 1110 g/mol. The fourth-order valence-corrected chi connectivity index (χ4v) is 11.0. The monoisotopic (exact) mass is 1170 g/mol. The molecule has 4 aliphatic heterocycles. The predicted octanol–water partition coefficient (Wildman–Crippen LogP) is 7.93. The number of morpholine rings is 2. The number of alkyl halides is 6. The van der Waals surface area contributed by atoms with Crippen molar-refractivity contribution in [3.05, 3.63) is 115 Å². The molecular formula is C52H56BBrF9KN2O10. The van der Waals surface area contributed by atoms with Crippen LogP contribution in [0.15, 0.2) is 65.1 Å². The van der Waals surface area contributed by atoms with Gasteiger partial charge in [-0.1, -0.05) is 24.3 Å². The van der Waals surface area contributed by atoms with Crippen molar-refractivity contribution in [3.8, 4) is 23.0 Å².